The number of hydrogen-bond donors (Lipinski definition) is 3. The molecule has 0 amide bonds. The van der Waals surface area contributed by atoms with Gasteiger partial charge in [-0.2, -0.15) is 5.10 Å². The van der Waals surface area contributed by atoms with Crippen LogP contribution in [0.1, 0.15) is 23.7 Å². The minimum absolute atomic E-state index is 0.0925. The molecule has 122 valence electrons. The molecule has 0 bridgehead atoms. The third-order valence-electron chi connectivity index (χ3n) is 3.18. The van der Waals surface area contributed by atoms with Gasteiger partial charge in [0.2, 0.25) is 5.95 Å². The Balaban J connectivity index is 2.13. The van der Waals surface area contributed by atoms with Crippen LogP contribution in [0, 0.1) is 6.92 Å². The molecule has 0 aliphatic rings. The van der Waals surface area contributed by atoms with Crippen molar-refractivity contribution in [3.05, 3.63) is 51.4 Å². The highest BCUT2D eigenvalue weighted by atomic mass is 16.5. The highest BCUT2D eigenvalue weighted by molar-refractivity contribution is 5.83. The minimum Gasteiger partial charge on any atom is -0.493 e. The summed E-state index contributed by atoms with van der Waals surface area (Å²) in [6, 6.07) is 7.51. The number of nitrogens with one attached hydrogen (secondary N) is 2. The molecule has 0 radical (unpaired) electrons. The zero-order valence-corrected chi connectivity index (χ0v) is 13.2. The Hall–Kier alpha value is -2.67. The number of rotatable bonds is 7. The van der Waals surface area contributed by atoms with E-state index in [0.29, 0.717) is 17.9 Å². The van der Waals surface area contributed by atoms with Crippen LogP contribution in [-0.2, 0) is 6.42 Å². The Kier molecular flexibility index (Phi) is 5.87. The average molecular weight is 316 g/mol. The zero-order chi connectivity index (χ0) is 16.7. The fourth-order valence-electron chi connectivity index (χ4n) is 2.11. The normalized spacial score (nSPS) is 10.9. The zero-order valence-electron chi connectivity index (χ0n) is 13.2. The van der Waals surface area contributed by atoms with Crippen LogP contribution in [0.3, 0.4) is 0 Å². The van der Waals surface area contributed by atoms with Crippen molar-refractivity contribution in [1.29, 1.82) is 0 Å². The van der Waals surface area contributed by atoms with E-state index in [1.165, 1.54) is 0 Å². The number of hydrazone groups is 1. The second-order valence-corrected chi connectivity index (χ2v) is 4.79. The molecule has 1 heterocycles. The van der Waals surface area contributed by atoms with Gasteiger partial charge in [-0.25, -0.2) is 10.4 Å². The molecule has 3 N–H and O–H groups in total. The number of hydrogen-bond acceptors (Lipinski definition) is 6. The molecule has 7 heteroatoms. The third-order valence-corrected chi connectivity index (χ3v) is 3.18. The number of para-hydroxylation sites is 1. The first-order valence-electron chi connectivity index (χ1n) is 7.37. The van der Waals surface area contributed by atoms with Crippen molar-refractivity contribution in [1.82, 2.24) is 9.97 Å². The van der Waals surface area contributed by atoms with Crippen LogP contribution in [-0.4, -0.2) is 34.5 Å². The van der Waals surface area contributed by atoms with Crippen LogP contribution in [0.5, 0.6) is 5.75 Å². The minimum atomic E-state index is -0.279. The summed E-state index contributed by atoms with van der Waals surface area (Å²) >= 11 is 0. The molecule has 0 unspecified atom stereocenters. The van der Waals surface area contributed by atoms with Crippen molar-refractivity contribution in [2.24, 2.45) is 5.10 Å². The number of aryl methyl sites for hydroxylation is 1. The third kappa shape index (κ3) is 4.40. The second kappa shape index (κ2) is 8.09. The molecule has 2 rings (SSSR count). The number of nitrogens with zero attached hydrogens (tertiary/aromatic N) is 2. The van der Waals surface area contributed by atoms with E-state index in [1.54, 1.807) is 13.1 Å². The smallest absolute Gasteiger partial charge is 0.255 e. The van der Waals surface area contributed by atoms with Gasteiger partial charge < -0.3 is 9.84 Å². The number of ether oxygens (including phenoxy) is 1. The summed E-state index contributed by atoms with van der Waals surface area (Å²) in [5, 5.41) is 13.0. The fraction of sp³-hybridized carbons (Fsp3) is 0.312. The Morgan fingerprint density at radius 1 is 1.43 bits per heavy atom. The van der Waals surface area contributed by atoms with E-state index in [0.717, 1.165) is 11.3 Å². The Labute approximate surface area is 134 Å². The number of aliphatic hydroxyl groups excluding tert-OH is 1. The molecule has 1 aromatic heterocycles. The second-order valence-electron chi connectivity index (χ2n) is 4.79. The molecule has 0 atom stereocenters. The molecule has 1 aromatic carbocycles. The van der Waals surface area contributed by atoms with E-state index in [2.05, 4.69) is 20.5 Å². The number of aliphatic hydroxyl groups is 1. The van der Waals surface area contributed by atoms with E-state index in [1.807, 2.05) is 31.2 Å². The maximum absolute atomic E-state index is 11.9. The van der Waals surface area contributed by atoms with Crippen molar-refractivity contribution in [3.8, 4) is 5.75 Å². The van der Waals surface area contributed by atoms with Gasteiger partial charge in [0.15, 0.2) is 0 Å². The topological polar surface area (TPSA) is 99.6 Å². The molecule has 0 aliphatic heterocycles. The van der Waals surface area contributed by atoms with E-state index < -0.39 is 0 Å². The van der Waals surface area contributed by atoms with Gasteiger partial charge in [-0.05, 0) is 26.0 Å². The summed E-state index contributed by atoms with van der Waals surface area (Å²) in [5.41, 5.74) is 4.28. The van der Waals surface area contributed by atoms with Gasteiger partial charge in [-0.3, -0.25) is 9.78 Å². The van der Waals surface area contributed by atoms with Crippen LogP contribution in [0.25, 0.3) is 0 Å². The molecule has 0 saturated heterocycles. The van der Waals surface area contributed by atoms with Gasteiger partial charge in [-0.15, -0.1) is 0 Å². The van der Waals surface area contributed by atoms with Crippen molar-refractivity contribution < 1.29 is 9.84 Å². The SMILES string of the molecule is CCOc1ccccc1/C=N\Nc1nc(C)c(CCO)c(=O)[nH]1. The lowest BCUT2D eigenvalue weighted by atomic mass is 10.2. The summed E-state index contributed by atoms with van der Waals surface area (Å²) < 4.78 is 5.50. The lowest BCUT2D eigenvalue weighted by molar-refractivity contribution is 0.298. The number of benzene rings is 1. The number of aromatic amines is 1. The monoisotopic (exact) mass is 316 g/mol. The first-order valence-corrected chi connectivity index (χ1v) is 7.37. The highest BCUT2D eigenvalue weighted by Crippen LogP contribution is 2.15. The lowest BCUT2D eigenvalue weighted by Gasteiger charge is -2.07. The molecular weight excluding hydrogens is 296 g/mol. The summed E-state index contributed by atoms with van der Waals surface area (Å²) in [6.45, 7) is 4.11. The van der Waals surface area contributed by atoms with Crippen LogP contribution >= 0.6 is 0 Å². The number of anilines is 1. The quantitative estimate of drug-likeness (QED) is 0.530. The predicted molar refractivity (Wildman–Crippen MR) is 89.2 cm³/mol. The van der Waals surface area contributed by atoms with Crippen LogP contribution in [0.4, 0.5) is 5.95 Å². The van der Waals surface area contributed by atoms with Crippen LogP contribution < -0.4 is 15.7 Å². The van der Waals surface area contributed by atoms with Crippen LogP contribution in [0.2, 0.25) is 0 Å². The van der Waals surface area contributed by atoms with Crippen LogP contribution in [0.15, 0.2) is 34.2 Å². The van der Waals surface area contributed by atoms with Gasteiger partial charge >= 0.3 is 0 Å². The number of H-pyrrole nitrogens is 1. The molecule has 0 spiro atoms. The first-order chi connectivity index (χ1) is 11.2. The lowest BCUT2D eigenvalue weighted by Crippen LogP contribution is -2.19. The van der Waals surface area contributed by atoms with Crippen molar-refractivity contribution in [2.45, 2.75) is 20.3 Å². The highest BCUT2D eigenvalue weighted by Gasteiger charge is 2.07. The van der Waals surface area contributed by atoms with E-state index in [-0.39, 0.29) is 24.5 Å². The molecule has 0 saturated carbocycles. The number of aromatic nitrogens is 2. The Bertz CT molecular complexity index is 740. The predicted octanol–water partition coefficient (Wildman–Crippen LogP) is 1.46. The summed E-state index contributed by atoms with van der Waals surface area (Å²) in [4.78, 5) is 18.7. The van der Waals surface area contributed by atoms with Gasteiger partial charge in [0.25, 0.3) is 5.56 Å². The Morgan fingerprint density at radius 2 is 2.22 bits per heavy atom. The average Bonchev–Trinajstić information content (AvgIpc) is 2.53. The van der Waals surface area contributed by atoms with Gasteiger partial charge in [-0.1, -0.05) is 12.1 Å². The van der Waals surface area contributed by atoms with E-state index >= 15 is 0 Å². The molecule has 23 heavy (non-hydrogen) atoms. The van der Waals surface area contributed by atoms with E-state index in [4.69, 9.17) is 9.84 Å². The molecular formula is C16H20N4O3. The largest absolute Gasteiger partial charge is 0.493 e. The molecule has 0 fully saturated rings. The fourth-order valence-corrected chi connectivity index (χ4v) is 2.11. The van der Waals surface area contributed by atoms with Gasteiger partial charge in [0.05, 0.1) is 18.5 Å². The Morgan fingerprint density at radius 3 is 2.91 bits per heavy atom. The standard InChI is InChI=1S/C16H20N4O3/c1-3-23-14-7-5-4-6-12(14)10-17-20-16-18-11(2)13(8-9-21)15(22)19-16/h4-7,10,21H,3,8-9H2,1-2H3,(H2,18,19,20,22)/b17-10-. The van der Waals surface area contributed by atoms with Gasteiger partial charge in [0, 0.05) is 24.2 Å². The molecule has 7 nitrogen and oxygen atoms in total. The van der Waals surface area contributed by atoms with Crippen molar-refractivity contribution in [2.75, 3.05) is 18.6 Å². The van der Waals surface area contributed by atoms with E-state index in [9.17, 15) is 4.79 Å². The molecule has 2 aromatic rings. The maximum Gasteiger partial charge on any atom is 0.255 e. The van der Waals surface area contributed by atoms with Crippen molar-refractivity contribution >= 4 is 12.2 Å². The maximum atomic E-state index is 11.9. The summed E-state index contributed by atoms with van der Waals surface area (Å²) in [5.74, 6) is 0.982. The summed E-state index contributed by atoms with van der Waals surface area (Å²) in [6.07, 6.45) is 1.88. The van der Waals surface area contributed by atoms with Gasteiger partial charge in [0.1, 0.15) is 5.75 Å². The van der Waals surface area contributed by atoms with Crippen molar-refractivity contribution in [3.63, 3.8) is 0 Å². The summed E-state index contributed by atoms with van der Waals surface area (Å²) in [7, 11) is 0. The molecule has 0 aliphatic carbocycles. The first kappa shape index (κ1) is 16.7.